The molecule has 1 aromatic rings. The number of hydrogen-bond donors (Lipinski definition) is 1. The first kappa shape index (κ1) is 12.5. The Bertz CT molecular complexity index is 479. The van der Waals surface area contributed by atoms with Gasteiger partial charge in [0.1, 0.15) is 0 Å². The molecule has 1 aromatic carbocycles. The third-order valence-corrected chi connectivity index (χ3v) is 5.38. The van der Waals surface area contributed by atoms with Crippen LogP contribution in [0.25, 0.3) is 0 Å². The van der Waals surface area contributed by atoms with Gasteiger partial charge in [0.25, 0.3) is 0 Å². The first-order chi connectivity index (χ1) is 8.66. The van der Waals surface area contributed by atoms with Gasteiger partial charge < -0.3 is 5.32 Å². The molecule has 1 amide bonds. The highest BCUT2D eigenvalue weighted by Crippen LogP contribution is 2.55. The van der Waals surface area contributed by atoms with E-state index in [0.29, 0.717) is 16.9 Å². The van der Waals surface area contributed by atoms with Gasteiger partial charge in [0, 0.05) is 16.1 Å². The summed E-state index contributed by atoms with van der Waals surface area (Å²) >= 11 is 9.36. The van der Waals surface area contributed by atoms with Crippen molar-refractivity contribution in [1.82, 2.24) is 0 Å². The first-order valence-electron chi connectivity index (χ1n) is 6.43. The maximum absolute atomic E-state index is 12.2. The molecule has 2 unspecified atom stereocenters. The lowest BCUT2D eigenvalue weighted by atomic mass is 10.0. The molecule has 0 heterocycles. The highest BCUT2D eigenvalue weighted by Gasteiger charge is 2.54. The molecule has 18 heavy (non-hydrogen) atoms. The van der Waals surface area contributed by atoms with Crippen LogP contribution in [0.5, 0.6) is 0 Å². The number of benzene rings is 1. The average Bonchev–Trinajstić information content (AvgIpc) is 3.08. The highest BCUT2D eigenvalue weighted by molar-refractivity contribution is 9.10. The van der Waals surface area contributed by atoms with E-state index in [2.05, 4.69) is 21.2 Å². The Morgan fingerprint density at radius 3 is 2.56 bits per heavy atom. The highest BCUT2D eigenvalue weighted by atomic mass is 79.9. The van der Waals surface area contributed by atoms with E-state index in [-0.39, 0.29) is 11.8 Å². The Hall–Kier alpha value is -0.540. The molecular weight excluding hydrogens is 314 g/mol. The van der Waals surface area contributed by atoms with Crippen LogP contribution >= 0.6 is 27.5 Å². The van der Waals surface area contributed by atoms with Crippen molar-refractivity contribution in [3.05, 3.63) is 27.7 Å². The number of carbonyl (C=O) groups is 1. The van der Waals surface area contributed by atoms with E-state index >= 15 is 0 Å². The fourth-order valence-electron chi connectivity index (χ4n) is 3.18. The molecule has 0 bridgehead atoms. The number of fused-ring (bicyclic) bond motifs is 1. The number of hydrogen-bond acceptors (Lipinski definition) is 1. The molecular formula is C14H15BrClNO. The van der Waals surface area contributed by atoms with E-state index in [1.807, 2.05) is 12.1 Å². The molecule has 0 spiro atoms. The summed E-state index contributed by atoms with van der Waals surface area (Å²) in [5.74, 6) is 1.70. The minimum Gasteiger partial charge on any atom is -0.326 e. The van der Waals surface area contributed by atoms with Crippen molar-refractivity contribution in [3.8, 4) is 0 Å². The Labute approximate surface area is 120 Å². The summed E-state index contributed by atoms with van der Waals surface area (Å²) in [5, 5.41) is 3.61. The molecule has 2 aliphatic carbocycles. The van der Waals surface area contributed by atoms with Crippen LogP contribution in [-0.2, 0) is 4.79 Å². The zero-order chi connectivity index (χ0) is 12.7. The van der Waals surface area contributed by atoms with E-state index in [1.165, 1.54) is 25.7 Å². The fraction of sp³-hybridized carbons (Fsp3) is 0.500. The van der Waals surface area contributed by atoms with Crippen molar-refractivity contribution >= 4 is 39.1 Å². The van der Waals surface area contributed by atoms with E-state index in [9.17, 15) is 4.79 Å². The van der Waals surface area contributed by atoms with Crippen LogP contribution in [0.2, 0.25) is 5.02 Å². The largest absolute Gasteiger partial charge is 0.326 e. The summed E-state index contributed by atoms with van der Waals surface area (Å²) < 4.78 is 0.849. The lowest BCUT2D eigenvalue weighted by molar-refractivity contribution is -0.117. The minimum atomic E-state index is 0.172. The van der Waals surface area contributed by atoms with Gasteiger partial charge in [-0.15, -0.1) is 0 Å². The first-order valence-corrected chi connectivity index (χ1v) is 7.60. The van der Waals surface area contributed by atoms with E-state index < -0.39 is 0 Å². The van der Waals surface area contributed by atoms with Gasteiger partial charge in [-0.2, -0.15) is 0 Å². The van der Waals surface area contributed by atoms with Crippen LogP contribution < -0.4 is 5.32 Å². The van der Waals surface area contributed by atoms with Crippen molar-refractivity contribution in [2.75, 3.05) is 5.32 Å². The van der Waals surface area contributed by atoms with Crippen molar-refractivity contribution in [3.63, 3.8) is 0 Å². The van der Waals surface area contributed by atoms with E-state index in [4.69, 9.17) is 11.6 Å². The van der Waals surface area contributed by atoms with Crippen LogP contribution in [0.15, 0.2) is 22.7 Å². The van der Waals surface area contributed by atoms with Gasteiger partial charge in [0.05, 0.1) is 5.02 Å². The van der Waals surface area contributed by atoms with Gasteiger partial charge in [0.2, 0.25) is 5.91 Å². The second-order valence-electron chi connectivity index (χ2n) is 5.26. The normalized spacial score (nSPS) is 29.6. The molecule has 2 saturated carbocycles. The summed E-state index contributed by atoms with van der Waals surface area (Å²) in [6, 6.07) is 5.52. The number of halogens is 2. The standard InChI is InChI=1S/C14H15BrClNO/c15-11-6-5-8(7-12(11)16)17-14(18)13-9-3-1-2-4-10(9)13/h5-7,9-10,13H,1-4H2,(H,17,18). The van der Waals surface area contributed by atoms with E-state index in [0.717, 1.165) is 10.2 Å². The maximum atomic E-state index is 12.2. The summed E-state index contributed by atoms with van der Waals surface area (Å²) in [6.07, 6.45) is 5.03. The molecule has 0 aromatic heterocycles. The number of anilines is 1. The predicted molar refractivity (Wildman–Crippen MR) is 76.7 cm³/mol. The Balaban J connectivity index is 1.66. The molecule has 0 aliphatic heterocycles. The number of amides is 1. The van der Waals surface area contributed by atoms with Crippen LogP contribution in [0.1, 0.15) is 25.7 Å². The predicted octanol–water partition coefficient (Wildman–Crippen LogP) is 4.48. The molecule has 1 N–H and O–H groups in total. The quantitative estimate of drug-likeness (QED) is 0.852. The molecule has 3 rings (SSSR count). The lowest BCUT2D eigenvalue weighted by Gasteiger charge is -2.06. The van der Waals surface area contributed by atoms with Crippen molar-refractivity contribution in [1.29, 1.82) is 0 Å². The number of rotatable bonds is 2. The summed E-state index contributed by atoms with van der Waals surface area (Å²) in [4.78, 5) is 12.2. The Kier molecular flexibility index (Phi) is 3.37. The van der Waals surface area contributed by atoms with Gasteiger partial charge in [-0.05, 0) is 58.8 Å². The number of nitrogens with one attached hydrogen (secondary N) is 1. The second kappa shape index (κ2) is 4.86. The minimum absolute atomic E-state index is 0.172. The Morgan fingerprint density at radius 1 is 1.28 bits per heavy atom. The zero-order valence-corrected chi connectivity index (χ0v) is 12.3. The smallest absolute Gasteiger partial charge is 0.228 e. The van der Waals surface area contributed by atoms with Crippen LogP contribution in [0, 0.1) is 17.8 Å². The van der Waals surface area contributed by atoms with E-state index in [1.54, 1.807) is 6.07 Å². The molecule has 2 nitrogen and oxygen atoms in total. The van der Waals surface area contributed by atoms with Gasteiger partial charge >= 0.3 is 0 Å². The van der Waals surface area contributed by atoms with Crippen molar-refractivity contribution in [2.24, 2.45) is 17.8 Å². The number of carbonyl (C=O) groups excluding carboxylic acids is 1. The molecule has 2 aliphatic rings. The molecule has 2 fully saturated rings. The fourth-order valence-corrected chi connectivity index (χ4v) is 3.61. The summed E-state index contributed by atoms with van der Waals surface area (Å²) in [7, 11) is 0. The average molecular weight is 329 g/mol. The van der Waals surface area contributed by atoms with Gasteiger partial charge in [-0.1, -0.05) is 24.4 Å². The summed E-state index contributed by atoms with van der Waals surface area (Å²) in [6.45, 7) is 0. The topological polar surface area (TPSA) is 29.1 Å². The zero-order valence-electron chi connectivity index (χ0n) is 9.96. The van der Waals surface area contributed by atoms with Gasteiger partial charge in [-0.25, -0.2) is 0 Å². The Morgan fingerprint density at radius 2 is 1.94 bits per heavy atom. The third kappa shape index (κ3) is 2.30. The molecule has 2 atom stereocenters. The van der Waals surface area contributed by atoms with Crippen LogP contribution in [0.4, 0.5) is 5.69 Å². The molecule has 96 valence electrons. The summed E-state index contributed by atoms with van der Waals surface area (Å²) in [5.41, 5.74) is 0.789. The molecule has 0 saturated heterocycles. The SMILES string of the molecule is O=C(Nc1ccc(Br)c(Cl)c1)C1C2CCCCC21. The maximum Gasteiger partial charge on any atom is 0.228 e. The van der Waals surface area contributed by atoms with Gasteiger partial charge in [-0.3, -0.25) is 4.79 Å². The van der Waals surface area contributed by atoms with Crippen LogP contribution in [-0.4, -0.2) is 5.91 Å². The van der Waals surface area contributed by atoms with Crippen LogP contribution in [0.3, 0.4) is 0 Å². The second-order valence-corrected chi connectivity index (χ2v) is 6.52. The molecule has 4 heteroatoms. The van der Waals surface area contributed by atoms with Gasteiger partial charge in [0.15, 0.2) is 0 Å². The monoisotopic (exact) mass is 327 g/mol. The van der Waals surface area contributed by atoms with Crippen molar-refractivity contribution in [2.45, 2.75) is 25.7 Å². The lowest BCUT2D eigenvalue weighted by Crippen LogP contribution is -2.15. The molecule has 0 radical (unpaired) electrons. The third-order valence-electron chi connectivity index (χ3n) is 4.15. The van der Waals surface area contributed by atoms with Crippen molar-refractivity contribution < 1.29 is 4.79 Å².